The van der Waals surface area contributed by atoms with Gasteiger partial charge in [-0.2, -0.15) is 0 Å². The van der Waals surface area contributed by atoms with Crippen molar-refractivity contribution in [3.8, 4) is 0 Å². The van der Waals surface area contributed by atoms with Crippen molar-refractivity contribution >= 4 is 11.8 Å². The maximum atomic E-state index is 11.8. The van der Waals surface area contributed by atoms with Crippen LogP contribution in [0.3, 0.4) is 0 Å². The predicted molar refractivity (Wildman–Crippen MR) is 84.4 cm³/mol. The summed E-state index contributed by atoms with van der Waals surface area (Å²) in [5.74, 6) is 0.0303. The third kappa shape index (κ3) is 6.11. The predicted octanol–water partition coefficient (Wildman–Crippen LogP) is 4.19. The van der Waals surface area contributed by atoms with Gasteiger partial charge in [-0.1, -0.05) is 63.8 Å². The Bertz CT molecular complexity index is 448. The third-order valence-corrected chi connectivity index (χ3v) is 3.88. The molecule has 0 saturated carbocycles. The van der Waals surface area contributed by atoms with Gasteiger partial charge in [-0.3, -0.25) is 9.59 Å². The van der Waals surface area contributed by atoms with E-state index in [1.165, 1.54) is 38.4 Å². The largest absolute Gasteiger partial charge is 0.469 e. The second-order valence-electron chi connectivity index (χ2n) is 5.49. The summed E-state index contributed by atoms with van der Waals surface area (Å²) in [5, 5.41) is 0. The first-order valence-corrected chi connectivity index (χ1v) is 7.79. The van der Waals surface area contributed by atoms with Gasteiger partial charge in [-0.15, -0.1) is 0 Å². The summed E-state index contributed by atoms with van der Waals surface area (Å²) in [6.45, 7) is 4.45. The van der Waals surface area contributed by atoms with Crippen LogP contribution in [0.15, 0.2) is 24.3 Å². The summed E-state index contributed by atoms with van der Waals surface area (Å²) in [4.78, 5) is 22.9. The fourth-order valence-corrected chi connectivity index (χ4v) is 2.41. The van der Waals surface area contributed by atoms with Crippen LogP contribution in [0.25, 0.3) is 0 Å². The molecule has 0 aliphatic rings. The second-order valence-corrected chi connectivity index (χ2v) is 5.49. The minimum atomic E-state index is -0.491. The average molecular weight is 290 g/mol. The molecule has 116 valence electrons. The number of benzene rings is 1. The highest BCUT2D eigenvalue weighted by molar-refractivity contribution is 6.05. The normalized spacial score (nSPS) is 12.0. The summed E-state index contributed by atoms with van der Waals surface area (Å²) in [7, 11) is 1.29. The number of unbranched alkanes of at least 4 members (excludes halogenated alkanes) is 1. The van der Waals surface area contributed by atoms with Crippen LogP contribution in [0.5, 0.6) is 0 Å². The maximum absolute atomic E-state index is 11.8. The topological polar surface area (TPSA) is 43.4 Å². The van der Waals surface area contributed by atoms with Gasteiger partial charge >= 0.3 is 5.97 Å². The zero-order valence-corrected chi connectivity index (χ0v) is 13.4. The molecular formula is C18H26O3. The molecule has 0 bridgehead atoms. The smallest absolute Gasteiger partial charge is 0.313 e. The van der Waals surface area contributed by atoms with Gasteiger partial charge in [0.25, 0.3) is 0 Å². The molecule has 0 heterocycles. The molecule has 0 amide bonds. The summed E-state index contributed by atoms with van der Waals surface area (Å²) in [5.41, 5.74) is 1.83. The second kappa shape index (κ2) is 9.32. The molecule has 0 spiro atoms. The van der Waals surface area contributed by atoms with Gasteiger partial charge < -0.3 is 4.74 Å². The maximum Gasteiger partial charge on any atom is 0.313 e. The van der Waals surface area contributed by atoms with Gasteiger partial charge in [0, 0.05) is 5.56 Å². The Hall–Kier alpha value is -1.64. The number of Topliss-reactive ketones (excluding diaryl/α,β-unsaturated/α-hetero) is 1. The first kappa shape index (κ1) is 17.4. The van der Waals surface area contributed by atoms with Crippen molar-refractivity contribution in [3.63, 3.8) is 0 Å². The standard InChI is InChI=1S/C18H26O3/c1-4-6-7-14(5-2)12-15-8-10-16(11-9-15)17(19)13-18(20)21-3/h8-11,14H,4-7,12-13H2,1-3H3. The lowest BCUT2D eigenvalue weighted by molar-refractivity contribution is -0.139. The number of rotatable bonds is 9. The van der Waals surface area contributed by atoms with E-state index >= 15 is 0 Å². The van der Waals surface area contributed by atoms with Crippen LogP contribution in [0, 0.1) is 5.92 Å². The lowest BCUT2D eigenvalue weighted by Crippen LogP contribution is -2.09. The number of hydrogen-bond donors (Lipinski definition) is 0. The number of carbonyl (C=O) groups excluding carboxylic acids is 2. The Labute approximate surface area is 127 Å². The van der Waals surface area contributed by atoms with Gasteiger partial charge in [-0.05, 0) is 17.9 Å². The van der Waals surface area contributed by atoms with Crippen LogP contribution < -0.4 is 0 Å². The molecule has 0 radical (unpaired) electrons. The Morgan fingerprint density at radius 2 is 1.81 bits per heavy atom. The van der Waals surface area contributed by atoms with E-state index in [2.05, 4.69) is 18.6 Å². The number of ketones is 1. The molecule has 21 heavy (non-hydrogen) atoms. The molecule has 3 heteroatoms. The molecule has 0 fully saturated rings. The lowest BCUT2D eigenvalue weighted by Gasteiger charge is -2.14. The van der Waals surface area contributed by atoms with E-state index in [1.54, 1.807) is 0 Å². The van der Waals surface area contributed by atoms with Crippen molar-refractivity contribution in [3.05, 3.63) is 35.4 Å². The van der Waals surface area contributed by atoms with Gasteiger partial charge in [0.05, 0.1) is 7.11 Å². The van der Waals surface area contributed by atoms with Crippen LogP contribution in [0.2, 0.25) is 0 Å². The summed E-state index contributed by atoms with van der Waals surface area (Å²) in [6.07, 6.45) is 5.82. The number of hydrogen-bond acceptors (Lipinski definition) is 3. The fraction of sp³-hybridized carbons (Fsp3) is 0.556. The molecule has 0 N–H and O–H groups in total. The summed E-state index contributed by atoms with van der Waals surface area (Å²) >= 11 is 0. The van der Waals surface area contributed by atoms with E-state index in [0.29, 0.717) is 11.5 Å². The molecule has 1 aromatic rings. The Balaban J connectivity index is 2.60. The van der Waals surface area contributed by atoms with E-state index in [4.69, 9.17) is 0 Å². The van der Waals surface area contributed by atoms with Crippen molar-refractivity contribution in [2.75, 3.05) is 7.11 Å². The number of carbonyl (C=O) groups is 2. The van der Waals surface area contributed by atoms with E-state index in [-0.39, 0.29) is 12.2 Å². The number of esters is 1. The van der Waals surface area contributed by atoms with Gasteiger partial charge in [-0.25, -0.2) is 0 Å². The minimum absolute atomic E-state index is 0.188. The SMILES string of the molecule is CCCCC(CC)Cc1ccc(C(=O)CC(=O)OC)cc1. The molecule has 1 unspecified atom stereocenters. The molecule has 1 aromatic carbocycles. The van der Waals surface area contributed by atoms with Crippen LogP contribution in [-0.2, 0) is 16.0 Å². The molecular weight excluding hydrogens is 264 g/mol. The molecule has 0 saturated heterocycles. The average Bonchev–Trinajstić information content (AvgIpc) is 2.51. The van der Waals surface area contributed by atoms with E-state index in [1.807, 2.05) is 24.3 Å². The number of methoxy groups -OCH3 is 1. The monoisotopic (exact) mass is 290 g/mol. The first-order chi connectivity index (χ1) is 10.1. The number of ether oxygens (including phenoxy) is 1. The Morgan fingerprint density at radius 3 is 2.33 bits per heavy atom. The van der Waals surface area contributed by atoms with Crippen LogP contribution >= 0.6 is 0 Å². The highest BCUT2D eigenvalue weighted by Gasteiger charge is 2.12. The van der Waals surface area contributed by atoms with Crippen LogP contribution in [-0.4, -0.2) is 18.9 Å². The third-order valence-electron chi connectivity index (χ3n) is 3.88. The Kier molecular flexibility index (Phi) is 7.73. The molecule has 1 atom stereocenters. The van der Waals surface area contributed by atoms with Crippen molar-refractivity contribution in [1.29, 1.82) is 0 Å². The van der Waals surface area contributed by atoms with Gasteiger partial charge in [0.15, 0.2) is 5.78 Å². The lowest BCUT2D eigenvalue weighted by atomic mass is 9.91. The van der Waals surface area contributed by atoms with Crippen molar-refractivity contribution in [2.45, 2.75) is 52.4 Å². The van der Waals surface area contributed by atoms with Crippen LogP contribution in [0.1, 0.15) is 61.9 Å². The minimum Gasteiger partial charge on any atom is -0.469 e. The molecule has 1 rings (SSSR count). The fourth-order valence-electron chi connectivity index (χ4n) is 2.41. The molecule has 0 aromatic heterocycles. The summed E-state index contributed by atoms with van der Waals surface area (Å²) < 4.78 is 4.51. The Morgan fingerprint density at radius 1 is 1.14 bits per heavy atom. The first-order valence-electron chi connectivity index (χ1n) is 7.79. The molecule has 0 aliphatic carbocycles. The van der Waals surface area contributed by atoms with Crippen molar-refractivity contribution in [2.24, 2.45) is 5.92 Å². The van der Waals surface area contributed by atoms with E-state index in [9.17, 15) is 9.59 Å². The quantitative estimate of drug-likeness (QED) is 0.389. The zero-order valence-electron chi connectivity index (χ0n) is 13.4. The van der Waals surface area contributed by atoms with Crippen molar-refractivity contribution in [1.82, 2.24) is 0 Å². The van der Waals surface area contributed by atoms with Crippen molar-refractivity contribution < 1.29 is 14.3 Å². The zero-order chi connectivity index (χ0) is 15.7. The highest BCUT2D eigenvalue weighted by Crippen LogP contribution is 2.19. The van der Waals surface area contributed by atoms with E-state index < -0.39 is 5.97 Å². The van der Waals surface area contributed by atoms with E-state index in [0.717, 1.165) is 6.42 Å². The van der Waals surface area contributed by atoms with Gasteiger partial charge in [0.1, 0.15) is 6.42 Å². The summed E-state index contributed by atoms with van der Waals surface area (Å²) in [6, 6.07) is 7.62. The van der Waals surface area contributed by atoms with Gasteiger partial charge in [0.2, 0.25) is 0 Å². The highest BCUT2D eigenvalue weighted by atomic mass is 16.5. The van der Waals surface area contributed by atoms with Crippen LogP contribution in [0.4, 0.5) is 0 Å². The molecule has 3 nitrogen and oxygen atoms in total. The molecule has 0 aliphatic heterocycles.